The van der Waals surface area contributed by atoms with Crippen LogP contribution >= 0.6 is 0 Å². The molecule has 0 fully saturated rings. The summed E-state index contributed by atoms with van der Waals surface area (Å²) < 4.78 is 5.35. The second-order valence-electron chi connectivity index (χ2n) is 3.78. The van der Waals surface area contributed by atoms with Crippen LogP contribution in [0.2, 0.25) is 0 Å². The van der Waals surface area contributed by atoms with Crippen LogP contribution in [0.3, 0.4) is 0 Å². The highest BCUT2D eigenvalue weighted by Gasteiger charge is 2.07. The van der Waals surface area contributed by atoms with Gasteiger partial charge in [-0.1, -0.05) is 30.3 Å². The molecule has 2 heteroatoms. The van der Waals surface area contributed by atoms with Gasteiger partial charge in [-0.2, -0.15) is 0 Å². The minimum atomic E-state index is 0.541. The quantitative estimate of drug-likeness (QED) is 0.696. The molecule has 0 saturated carbocycles. The molecule has 0 radical (unpaired) electrons. The fourth-order valence-corrected chi connectivity index (χ4v) is 1.65. The molecule has 0 spiro atoms. The first-order chi connectivity index (χ1) is 7.36. The van der Waals surface area contributed by atoms with Crippen molar-refractivity contribution in [2.45, 2.75) is 19.8 Å². The second kappa shape index (κ2) is 7.43. The van der Waals surface area contributed by atoms with Gasteiger partial charge in [0.2, 0.25) is 0 Å². The molecule has 1 aromatic carbocycles. The van der Waals surface area contributed by atoms with Gasteiger partial charge in [-0.05, 0) is 37.8 Å². The molecular weight excluding hydrogens is 186 g/mol. The van der Waals surface area contributed by atoms with E-state index in [1.807, 2.05) is 13.0 Å². The molecule has 0 heterocycles. The Hall–Kier alpha value is -0.860. The number of nitrogens with two attached hydrogens (primary N) is 1. The molecule has 15 heavy (non-hydrogen) atoms. The molecule has 0 bridgehead atoms. The maximum absolute atomic E-state index is 5.75. The standard InChI is InChI=1S/C13H21NO/c1-2-15-9-8-13(11-14)10-12-6-4-3-5-7-12/h3-7,13H,2,8-11,14H2,1H3. The highest BCUT2D eigenvalue weighted by Crippen LogP contribution is 2.11. The lowest BCUT2D eigenvalue weighted by molar-refractivity contribution is 0.133. The van der Waals surface area contributed by atoms with E-state index in [2.05, 4.69) is 24.3 Å². The maximum Gasteiger partial charge on any atom is 0.0469 e. The maximum atomic E-state index is 5.75. The first-order valence-electron chi connectivity index (χ1n) is 5.68. The molecule has 1 atom stereocenters. The summed E-state index contributed by atoms with van der Waals surface area (Å²) in [5.41, 5.74) is 7.11. The summed E-state index contributed by atoms with van der Waals surface area (Å²) in [5, 5.41) is 0. The van der Waals surface area contributed by atoms with Crippen molar-refractivity contribution in [1.29, 1.82) is 0 Å². The molecule has 0 saturated heterocycles. The first kappa shape index (κ1) is 12.2. The van der Waals surface area contributed by atoms with Crippen molar-refractivity contribution < 1.29 is 4.74 Å². The van der Waals surface area contributed by atoms with Gasteiger partial charge in [-0.25, -0.2) is 0 Å². The van der Waals surface area contributed by atoms with Gasteiger partial charge in [0.15, 0.2) is 0 Å². The van der Waals surface area contributed by atoms with Gasteiger partial charge in [-0.15, -0.1) is 0 Å². The van der Waals surface area contributed by atoms with Crippen LogP contribution < -0.4 is 5.73 Å². The van der Waals surface area contributed by atoms with Gasteiger partial charge in [0.1, 0.15) is 0 Å². The molecule has 0 aliphatic carbocycles. The largest absolute Gasteiger partial charge is 0.382 e. The minimum absolute atomic E-state index is 0.541. The van der Waals surface area contributed by atoms with Crippen LogP contribution in [0.25, 0.3) is 0 Å². The predicted octanol–water partition coefficient (Wildman–Crippen LogP) is 2.23. The van der Waals surface area contributed by atoms with Gasteiger partial charge in [0.05, 0.1) is 0 Å². The lowest BCUT2D eigenvalue weighted by atomic mass is 9.97. The minimum Gasteiger partial charge on any atom is -0.382 e. The third kappa shape index (κ3) is 4.96. The monoisotopic (exact) mass is 207 g/mol. The van der Waals surface area contributed by atoms with E-state index in [0.717, 1.165) is 32.6 Å². The molecule has 2 N–H and O–H groups in total. The SMILES string of the molecule is CCOCCC(CN)Cc1ccccc1. The fraction of sp³-hybridized carbons (Fsp3) is 0.538. The summed E-state index contributed by atoms with van der Waals surface area (Å²) in [7, 11) is 0. The average molecular weight is 207 g/mol. The Morgan fingerprint density at radius 3 is 2.60 bits per heavy atom. The number of ether oxygens (including phenoxy) is 1. The smallest absolute Gasteiger partial charge is 0.0469 e. The van der Waals surface area contributed by atoms with E-state index in [9.17, 15) is 0 Å². The van der Waals surface area contributed by atoms with Crippen molar-refractivity contribution in [1.82, 2.24) is 0 Å². The van der Waals surface area contributed by atoms with E-state index in [0.29, 0.717) is 5.92 Å². The van der Waals surface area contributed by atoms with E-state index < -0.39 is 0 Å². The first-order valence-corrected chi connectivity index (χ1v) is 5.68. The van der Waals surface area contributed by atoms with Crippen molar-refractivity contribution in [2.24, 2.45) is 11.7 Å². The van der Waals surface area contributed by atoms with Crippen molar-refractivity contribution in [2.75, 3.05) is 19.8 Å². The lowest BCUT2D eigenvalue weighted by Crippen LogP contribution is -2.18. The Kier molecular flexibility index (Phi) is 6.05. The summed E-state index contributed by atoms with van der Waals surface area (Å²) in [5.74, 6) is 0.541. The lowest BCUT2D eigenvalue weighted by Gasteiger charge is -2.14. The second-order valence-corrected chi connectivity index (χ2v) is 3.78. The third-order valence-electron chi connectivity index (χ3n) is 2.58. The van der Waals surface area contributed by atoms with E-state index >= 15 is 0 Å². The van der Waals surface area contributed by atoms with Crippen LogP contribution in [0.4, 0.5) is 0 Å². The van der Waals surface area contributed by atoms with Crippen molar-refractivity contribution in [3.63, 3.8) is 0 Å². The fourth-order valence-electron chi connectivity index (χ4n) is 1.65. The van der Waals surface area contributed by atoms with Crippen LogP contribution in [0.15, 0.2) is 30.3 Å². The van der Waals surface area contributed by atoms with Gasteiger partial charge in [-0.3, -0.25) is 0 Å². The molecule has 0 aromatic heterocycles. The number of hydrogen-bond acceptors (Lipinski definition) is 2. The van der Waals surface area contributed by atoms with E-state index in [4.69, 9.17) is 10.5 Å². The van der Waals surface area contributed by atoms with Crippen LogP contribution in [0, 0.1) is 5.92 Å². The Labute approximate surface area is 92.4 Å². The summed E-state index contributed by atoms with van der Waals surface area (Å²) in [6, 6.07) is 10.5. The number of hydrogen-bond donors (Lipinski definition) is 1. The zero-order chi connectivity index (χ0) is 10.9. The molecule has 0 amide bonds. The van der Waals surface area contributed by atoms with Crippen LogP contribution in [0.5, 0.6) is 0 Å². The van der Waals surface area contributed by atoms with Crippen molar-refractivity contribution in [3.8, 4) is 0 Å². The topological polar surface area (TPSA) is 35.2 Å². The van der Waals surface area contributed by atoms with Gasteiger partial charge >= 0.3 is 0 Å². The van der Waals surface area contributed by atoms with Crippen LogP contribution in [-0.4, -0.2) is 19.8 Å². The molecule has 1 unspecified atom stereocenters. The zero-order valence-corrected chi connectivity index (χ0v) is 9.49. The van der Waals surface area contributed by atoms with E-state index in [-0.39, 0.29) is 0 Å². The van der Waals surface area contributed by atoms with Crippen molar-refractivity contribution >= 4 is 0 Å². The Bertz CT molecular complexity index is 248. The average Bonchev–Trinajstić information content (AvgIpc) is 2.29. The van der Waals surface area contributed by atoms with E-state index in [1.54, 1.807) is 0 Å². The molecule has 84 valence electrons. The Morgan fingerprint density at radius 1 is 1.27 bits per heavy atom. The van der Waals surface area contributed by atoms with Gasteiger partial charge in [0, 0.05) is 13.2 Å². The van der Waals surface area contributed by atoms with Crippen molar-refractivity contribution in [3.05, 3.63) is 35.9 Å². The number of benzene rings is 1. The highest BCUT2D eigenvalue weighted by atomic mass is 16.5. The number of rotatable bonds is 7. The molecule has 2 nitrogen and oxygen atoms in total. The molecule has 0 aliphatic rings. The van der Waals surface area contributed by atoms with E-state index in [1.165, 1.54) is 5.56 Å². The molecular formula is C13H21NO. The zero-order valence-electron chi connectivity index (χ0n) is 9.49. The van der Waals surface area contributed by atoms with Crippen LogP contribution in [0.1, 0.15) is 18.9 Å². The molecule has 0 aliphatic heterocycles. The third-order valence-corrected chi connectivity index (χ3v) is 2.58. The summed E-state index contributed by atoms with van der Waals surface area (Å²) in [6.45, 7) is 4.38. The summed E-state index contributed by atoms with van der Waals surface area (Å²) in [6.07, 6.45) is 2.11. The Balaban J connectivity index is 2.33. The summed E-state index contributed by atoms with van der Waals surface area (Å²) >= 11 is 0. The van der Waals surface area contributed by atoms with Gasteiger partial charge < -0.3 is 10.5 Å². The molecule has 1 rings (SSSR count). The molecule has 1 aromatic rings. The van der Waals surface area contributed by atoms with Crippen LogP contribution in [-0.2, 0) is 11.2 Å². The summed E-state index contributed by atoms with van der Waals surface area (Å²) in [4.78, 5) is 0. The Morgan fingerprint density at radius 2 is 2.00 bits per heavy atom. The highest BCUT2D eigenvalue weighted by molar-refractivity contribution is 5.15. The normalized spacial score (nSPS) is 12.7. The van der Waals surface area contributed by atoms with Gasteiger partial charge in [0.25, 0.3) is 0 Å². The predicted molar refractivity (Wildman–Crippen MR) is 63.8 cm³/mol.